The molecule has 1 atom stereocenters. The summed E-state index contributed by atoms with van der Waals surface area (Å²) in [4.78, 5) is 44.3. The van der Waals surface area contributed by atoms with Gasteiger partial charge in [-0.25, -0.2) is 14.6 Å². The van der Waals surface area contributed by atoms with Gasteiger partial charge in [-0.1, -0.05) is 6.08 Å². The van der Waals surface area contributed by atoms with Gasteiger partial charge in [0.2, 0.25) is 5.91 Å². The van der Waals surface area contributed by atoms with E-state index in [2.05, 4.69) is 15.3 Å². The summed E-state index contributed by atoms with van der Waals surface area (Å²) in [5, 5.41) is 2.50. The third kappa shape index (κ3) is 3.78. The lowest BCUT2D eigenvalue weighted by Gasteiger charge is -2.27. The van der Waals surface area contributed by atoms with E-state index in [9.17, 15) is 14.4 Å². The number of hydrogen-bond acceptors (Lipinski definition) is 5. The predicted octanol–water partition coefficient (Wildman–Crippen LogP) is 1.13. The number of urea groups is 1. The second kappa shape index (κ2) is 6.08. The third-order valence-electron chi connectivity index (χ3n) is 2.85. The van der Waals surface area contributed by atoms with Crippen LogP contribution in [0.25, 0.3) is 0 Å². The second-order valence-corrected chi connectivity index (χ2v) is 5.81. The van der Waals surface area contributed by atoms with Crippen LogP contribution in [0.4, 0.5) is 9.59 Å². The number of imide groups is 1. The van der Waals surface area contributed by atoms with E-state index >= 15 is 0 Å². The van der Waals surface area contributed by atoms with E-state index in [-0.39, 0.29) is 18.9 Å². The van der Waals surface area contributed by atoms with Gasteiger partial charge in [0.05, 0.1) is 0 Å². The van der Waals surface area contributed by atoms with Gasteiger partial charge in [-0.3, -0.25) is 9.69 Å². The number of carbonyl (C=O) groups is 3. The van der Waals surface area contributed by atoms with Gasteiger partial charge in [0, 0.05) is 19.3 Å². The summed E-state index contributed by atoms with van der Waals surface area (Å²) in [6, 6.07) is -0.672. The quantitative estimate of drug-likeness (QED) is 0.844. The summed E-state index contributed by atoms with van der Waals surface area (Å²) in [5.41, 5.74) is -0.606. The first kappa shape index (κ1) is 15.9. The fourth-order valence-electron chi connectivity index (χ4n) is 1.95. The standard InChI is InChI=1S/C14H18N4O4/c1-14(2,3)22-13(21)16-7-8-18-11(19)9-5-4-6-15-10(9)17-12(18)20/h4-6,9H,7-8H2,1-3H3,(H,16,21). The van der Waals surface area contributed by atoms with Gasteiger partial charge in [0.1, 0.15) is 17.4 Å². The zero-order valence-corrected chi connectivity index (χ0v) is 12.7. The number of alkyl carbamates (subject to hydrolysis) is 1. The molecule has 2 heterocycles. The highest BCUT2D eigenvalue weighted by Gasteiger charge is 2.36. The SMILES string of the molecule is CC(C)(C)OC(=O)NCCN1C(=O)N=C2N=CC=CC2C1=O. The Morgan fingerprint density at radius 3 is 2.82 bits per heavy atom. The van der Waals surface area contributed by atoms with Gasteiger partial charge >= 0.3 is 12.1 Å². The molecule has 0 saturated heterocycles. The molecule has 22 heavy (non-hydrogen) atoms. The van der Waals surface area contributed by atoms with Crippen molar-refractivity contribution in [2.24, 2.45) is 15.9 Å². The predicted molar refractivity (Wildman–Crippen MR) is 79.9 cm³/mol. The summed E-state index contributed by atoms with van der Waals surface area (Å²) in [6.45, 7) is 5.36. The van der Waals surface area contributed by atoms with E-state index in [1.807, 2.05) is 0 Å². The molecular formula is C14H18N4O4. The zero-order valence-electron chi connectivity index (χ0n) is 12.7. The first-order valence-corrected chi connectivity index (χ1v) is 6.89. The van der Waals surface area contributed by atoms with Crippen LogP contribution in [0.1, 0.15) is 20.8 Å². The number of aliphatic imine (C=N–C) groups is 2. The van der Waals surface area contributed by atoms with Crippen molar-refractivity contribution in [1.82, 2.24) is 10.2 Å². The van der Waals surface area contributed by atoms with E-state index in [1.54, 1.807) is 32.9 Å². The Bertz CT molecular complexity index is 586. The average Bonchev–Trinajstić information content (AvgIpc) is 2.40. The molecule has 0 radical (unpaired) electrons. The van der Waals surface area contributed by atoms with Crippen LogP contribution >= 0.6 is 0 Å². The lowest BCUT2D eigenvalue weighted by Crippen LogP contribution is -2.49. The Morgan fingerprint density at radius 1 is 1.41 bits per heavy atom. The van der Waals surface area contributed by atoms with E-state index in [0.29, 0.717) is 0 Å². The third-order valence-corrected chi connectivity index (χ3v) is 2.85. The van der Waals surface area contributed by atoms with E-state index < -0.39 is 29.6 Å². The maximum absolute atomic E-state index is 12.2. The lowest BCUT2D eigenvalue weighted by atomic mass is 10.0. The van der Waals surface area contributed by atoms with Crippen LogP contribution in [-0.2, 0) is 9.53 Å². The highest BCUT2D eigenvalue weighted by atomic mass is 16.6. The number of amides is 4. The minimum atomic E-state index is -0.672. The molecule has 118 valence electrons. The molecule has 0 fully saturated rings. The molecule has 0 aliphatic carbocycles. The summed E-state index contributed by atoms with van der Waals surface area (Å²) < 4.78 is 5.07. The van der Waals surface area contributed by atoms with Gasteiger partial charge in [0.25, 0.3) is 0 Å². The number of nitrogens with one attached hydrogen (secondary N) is 1. The van der Waals surface area contributed by atoms with Gasteiger partial charge in [-0.05, 0) is 26.8 Å². The van der Waals surface area contributed by atoms with E-state index in [1.165, 1.54) is 6.21 Å². The Morgan fingerprint density at radius 2 is 2.14 bits per heavy atom. The molecule has 1 N–H and O–H groups in total. The van der Waals surface area contributed by atoms with Crippen molar-refractivity contribution in [3.63, 3.8) is 0 Å². The first-order chi connectivity index (χ1) is 10.3. The molecule has 0 bridgehead atoms. The Balaban J connectivity index is 1.91. The smallest absolute Gasteiger partial charge is 0.407 e. The van der Waals surface area contributed by atoms with Crippen molar-refractivity contribution in [2.45, 2.75) is 26.4 Å². The minimum Gasteiger partial charge on any atom is -0.444 e. The molecule has 0 aromatic rings. The number of ether oxygens (including phenoxy) is 1. The highest BCUT2D eigenvalue weighted by Crippen LogP contribution is 2.18. The lowest BCUT2D eigenvalue weighted by molar-refractivity contribution is -0.129. The van der Waals surface area contributed by atoms with Crippen molar-refractivity contribution < 1.29 is 19.1 Å². The van der Waals surface area contributed by atoms with Crippen LogP contribution in [0.3, 0.4) is 0 Å². The first-order valence-electron chi connectivity index (χ1n) is 6.89. The molecule has 2 aliphatic rings. The normalized spacial score (nSPS) is 20.6. The number of fused-ring (bicyclic) bond motifs is 1. The molecule has 0 spiro atoms. The fraction of sp³-hybridized carbons (Fsp3) is 0.500. The molecule has 4 amide bonds. The fourth-order valence-corrected chi connectivity index (χ4v) is 1.95. The zero-order chi connectivity index (χ0) is 16.3. The summed E-state index contributed by atoms with van der Waals surface area (Å²) in [5.74, 6) is -0.827. The van der Waals surface area contributed by atoms with Crippen molar-refractivity contribution in [1.29, 1.82) is 0 Å². The molecule has 2 aliphatic heterocycles. The molecule has 0 aromatic carbocycles. The van der Waals surface area contributed by atoms with E-state index in [0.717, 1.165) is 4.90 Å². The summed E-state index contributed by atoms with van der Waals surface area (Å²) in [7, 11) is 0. The number of amidine groups is 1. The number of carbonyl (C=O) groups excluding carboxylic acids is 3. The highest BCUT2D eigenvalue weighted by molar-refractivity contribution is 6.19. The maximum atomic E-state index is 12.2. The molecule has 0 aromatic heterocycles. The molecule has 8 nitrogen and oxygen atoms in total. The summed E-state index contributed by atoms with van der Waals surface area (Å²) in [6.07, 6.45) is 4.15. The summed E-state index contributed by atoms with van der Waals surface area (Å²) >= 11 is 0. The maximum Gasteiger partial charge on any atom is 0.407 e. The Kier molecular flexibility index (Phi) is 4.39. The van der Waals surface area contributed by atoms with Crippen LogP contribution in [0.5, 0.6) is 0 Å². The monoisotopic (exact) mass is 306 g/mol. The van der Waals surface area contributed by atoms with Crippen LogP contribution < -0.4 is 5.32 Å². The van der Waals surface area contributed by atoms with Crippen LogP contribution in [0.15, 0.2) is 22.1 Å². The minimum absolute atomic E-state index is 0.0295. The Labute approximate surface area is 127 Å². The van der Waals surface area contributed by atoms with Gasteiger partial charge in [-0.2, -0.15) is 4.99 Å². The molecular weight excluding hydrogens is 288 g/mol. The van der Waals surface area contributed by atoms with Crippen LogP contribution in [0.2, 0.25) is 0 Å². The molecule has 8 heteroatoms. The van der Waals surface area contributed by atoms with Gasteiger partial charge in [-0.15, -0.1) is 0 Å². The number of allylic oxidation sites excluding steroid dienone is 1. The van der Waals surface area contributed by atoms with Crippen LogP contribution in [0, 0.1) is 5.92 Å². The molecule has 1 unspecified atom stereocenters. The number of hydrogen-bond donors (Lipinski definition) is 1. The Hall–Kier alpha value is -2.51. The molecule has 0 saturated carbocycles. The number of rotatable bonds is 3. The van der Waals surface area contributed by atoms with Gasteiger partial charge in [0.15, 0.2) is 0 Å². The second-order valence-electron chi connectivity index (χ2n) is 5.81. The topological polar surface area (TPSA) is 100 Å². The van der Waals surface area contributed by atoms with Crippen molar-refractivity contribution in [3.05, 3.63) is 12.2 Å². The molecule has 2 rings (SSSR count). The van der Waals surface area contributed by atoms with Crippen molar-refractivity contribution in [2.75, 3.05) is 13.1 Å². The average molecular weight is 306 g/mol. The van der Waals surface area contributed by atoms with Crippen LogP contribution in [-0.4, -0.2) is 53.7 Å². The van der Waals surface area contributed by atoms with E-state index in [4.69, 9.17) is 4.74 Å². The largest absolute Gasteiger partial charge is 0.444 e. The van der Waals surface area contributed by atoms with Crippen molar-refractivity contribution >= 4 is 30.1 Å². The number of dihydropyridines is 1. The van der Waals surface area contributed by atoms with Crippen molar-refractivity contribution in [3.8, 4) is 0 Å². The van der Waals surface area contributed by atoms with Gasteiger partial charge < -0.3 is 10.1 Å². The number of nitrogens with zero attached hydrogens (tertiary/aromatic N) is 3.